The second-order valence-corrected chi connectivity index (χ2v) is 4.77. The van der Waals surface area contributed by atoms with Gasteiger partial charge < -0.3 is 10.2 Å². The molecule has 88 valence electrons. The summed E-state index contributed by atoms with van der Waals surface area (Å²) >= 11 is 3.34. The van der Waals surface area contributed by atoms with Crippen molar-refractivity contribution in [2.75, 3.05) is 19.6 Å². The highest BCUT2D eigenvalue weighted by Crippen LogP contribution is 2.15. The monoisotopic (exact) mass is 293 g/mol. The molecule has 0 radical (unpaired) electrons. The number of halogens is 1. The summed E-state index contributed by atoms with van der Waals surface area (Å²) in [4.78, 5) is 13.9. The SMILES string of the molecule is N#CC1CNCCN1C(=O)c1cccc(Br)c1. The summed E-state index contributed by atoms with van der Waals surface area (Å²) in [5.41, 5.74) is 0.613. The number of carbonyl (C=O) groups is 1. The first-order valence-electron chi connectivity index (χ1n) is 5.39. The maximum Gasteiger partial charge on any atom is 0.255 e. The maximum absolute atomic E-state index is 12.2. The summed E-state index contributed by atoms with van der Waals surface area (Å²) in [7, 11) is 0. The van der Waals surface area contributed by atoms with Crippen molar-refractivity contribution in [2.45, 2.75) is 6.04 Å². The zero-order valence-corrected chi connectivity index (χ0v) is 10.8. The molecular weight excluding hydrogens is 282 g/mol. The standard InChI is InChI=1S/C12H12BrN3O/c13-10-3-1-2-9(6-10)12(17)16-5-4-15-8-11(16)7-14/h1-3,6,11,15H,4-5,8H2. The summed E-state index contributed by atoms with van der Waals surface area (Å²) in [6.07, 6.45) is 0. The number of hydrogen-bond acceptors (Lipinski definition) is 3. The molecule has 1 aliphatic rings. The minimum atomic E-state index is -0.379. The van der Waals surface area contributed by atoms with Crippen molar-refractivity contribution in [3.63, 3.8) is 0 Å². The second kappa shape index (κ2) is 5.30. The highest BCUT2D eigenvalue weighted by Gasteiger charge is 2.26. The number of piperazine rings is 1. The van der Waals surface area contributed by atoms with Gasteiger partial charge >= 0.3 is 0 Å². The van der Waals surface area contributed by atoms with E-state index in [1.807, 2.05) is 12.1 Å². The van der Waals surface area contributed by atoms with Crippen molar-refractivity contribution in [3.8, 4) is 6.07 Å². The van der Waals surface area contributed by atoms with Gasteiger partial charge in [-0.2, -0.15) is 5.26 Å². The molecule has 1 fully saturated rings. The van der Waals surface area contributed by atoms with Crippen LogP contribution in [0.25, 0.3) is 0 Å². The Balaban J connectivity index is 2.22. The fourth-order valence-electron chi connectivity index (χ4n) is 1.85. The van der Waals surface area contributed by atoms with E-state index in [9.17, 15) is 4.79 Å². The number of nitrogens with zero attached hydrogens (tertiary/aromatic N) is 2. The molecule has 0 spiro atoms. The average Bonchev–Trinajstić information content (AvgIpc) is 2.38. The van der Waals surface area contributed by atoms with E-state index in [1.165, 1.54) is 0 Å². The third-order valence-electron chi connectivity index (χ3n) is 2.72. The number of amides is 1. The molecule has 5 heteroatoms. The van der Waals surface area contributed by atoms with E-state index in [-0.39, 0.29) is 11.9 Å². The van der Waals surface area contributed by atoms with Gasteiger partial charge in [-0.05, 0) is 18.2 Å². The Labute approximate surface area is 108 Å². The van der Waals surface area contributed by atoms with Crippen LogP contribution in [0.1, 0.15) is 10.4 Å². The molecule has 0 aliphatic carbocycles. The first kappa shape index (κ1) is 12.1. The van der Waals surface area contributed by atoms with Gasteiger partial charge in [-0.3, -0.25) is 4.79 Å². The number of nitrogens with one attached hydrogen (secondary N) is 1. The highest BCUT2D eigenvalue weighted by molar-refractivity contribution is 9.10. The minimum Gasteiger partial charge on any atom is -0.320 e. The zero-order chi connectivity index (χ0) is 12.3. The van der Waals surface area contributed by atoms with Crippen molar-refractivity contribution in [1.29, 1.82) is 5.26 Å². The van der Waals surface area contributed by atoms with Gasteiger partial charge in [0, 0.05) is 29.7 Å². The van der Waals surface area contributed by atoms with Gasteiger partial charge in [0.25, 0.3) is 5.91 Å². The van der Waals surface area contributed by atoms with E-state index >= 15 is 0 Å². The summed E-state index contributed by atoms with van der Waals surface area (Å²) < 4.78 is 0.868. The van der Waals surface area contributed by atoms with Crippen LogP contribution in [0, 0.1) is 11.3 Å². The third-order valence-corrected chi connectivity index (χ3v) is 3.22. The van der Waals surface area contributed by atoms with Gasteiger partial charge in [0.05, 0.1) is 6.07 Å². The topological polar surface area (TPSA) is 56.1 Å². The quantitative estimate of drug-likeness (QED) is 0.851. The van der Waals surface area contributed by atoms with Gasteiger partial charge in [-0.25, -0.2) is 0 Å². The summed E-state index contributed by atoms with van der Waals surface area (Å²) in [6.45, 7) is 1.84. The Morgan fingerprint density at radius 2 is 2.41 bits per heavy atom. The predicted octanol–water partition coefficient (Wildman–Crippen LogP) is 1.39. The second-order valence-electron chi connectivity index (χ2n) is 3.86. The molecule has 1 amide bonds. The van der Waals surface area contributed by atoms with E-state index < -0.39 is 0 Å². The molecule has 1 aromatic rings. The van der Waals surface area contributed by atoms with E-state index in [4.69, 9.17) is 5.26 Å². The number of benzene rings is 1. The first-order chi connectivity index (χ1) is 8.22. The molecule has 17 heavy (non-hydrogen) atoms. The van der Waals surface area contributed by atoms with Crippen molar-refractivity contribution in [1.82, 2.24) is 10.2 Å². The molecule has 1 N–H and O–H groups in total. The van der Waals surface area contributed by atoms with Crippen LogP contribution >= 0.6 is 15.9 Å². The van der Waals surface area contributed by atoms with Crippen LogP contribution in [0.3, 0.4) is 0 Å². The maximum atomic E-state index is 12.2. The largest absolute Gasteiger partial charge is 0.320 e. The molecule has 4 nitrogen and oxygen atoms in total. The molecule has 0 bridgehead atoms. The van der Waals surface area contributed by atoms with E-state index in [0.29, 0.717) is 18.7 Å². The predicted molar refractivity (Wildman–Crippen MR) is 67.4 cm³/mol. The summed E-state index contributed by atoms with van der Waals surface area (Å²) in [6, 6.07) is 9.01. The van der Waals surface area contributed by atoms with Gasteiger partial charge in [-0.1, -0.05) is 22.0 Å². The molecule has 0 saturated carbocycles. The lowest BCUT2D eigenvalue weighted by Crippen LogP contribution is -2.53. The van der Waals surface area contributed by atoms with Crippen molar-refractivity contribution in [3.05, 3.63) is 34.3 Å². The van der Waals surface area contributed by atoms with Crippen LogP contribution < -0.4 is 5.32 Å². The Morgan fingerprint density at radius 3 is 3.12 bits per heavy atom. The molecule has 1 aliphatic heterocycles. The highest BCUT2D eigenvalue weighted by atomic mass is 79.9. The Kier molecular flexibility index (Phi) is 3.77. The van der Waals surface area contributed by atoms with E-state index in [2.05, 4.69) is 27.3 Å². The van der Waals surface area contributed by atoms with Crippen LogP contribution in [0.4, 0.5) is 0 Å². The lowest BCUT2D eigenvalue weighted by atomic mass is 10.1. The van der Waals surface area contributed by atoms with Crippen LogP contribution in [0.2, 0.25) is 0 Å². The lowest BCUT2D eigenvalue weighted by Gasteiger charge is -2.32. The molecule has 2 rings (SSSR count). The lowest BCUT2D eigenvalue weighted by molar-refractivity contribution is 0.0687. The number of rotatable bonds is 1. The molecule has 1 aromatic carbocycles. The fraction of sp³-hybridized carbons (Fsp3) is 0.333. The van der Waals surface area contributed by atoms with Gasteiger partial charge in [0.15, 0.2) is 0 Å². The first-order valence-corrected chi connectivity index (χ1v) is 6.18. The third kappa shape index (κ3) is 2.65. The molecule has 1 saturated heterocycles. The Morgan fingerprint density at radius 1 is 1.59 bits per heavy atom. The number of nitriles is 1. The van der Waals surface area contributed by atoms with Crippen LogP contribution in [-0.2, 0) is 0 Å². The van der Waals surface area contributed by atoms with Crippen LogP contribution in [0.15, 0.2) is 28.7 Å². The molecule has 1 atom stereocenters. The molecular formula is C12H12BrN3O. The number of carbonyl (C=O) groups excluding carboxylic acids is 1. The van der Waals surface area contributed by atoms with E-state index in [1.54, 1.807) is 17.0 Å². The Hall–Kier alpha value is -1.38. The van der Waals surface area contributed by atoms with Gasteiger partial charge in [0.1, 0.15) is 6.04 Å². The van der Waals surface area contributed by atoms with Crippen LogP contribution in [-0.4, -0.2) is 36.5 Å². The average molecular weight is 294 g/mol. The van der Waals surface area contributed by atoms with Crippen molar-refractivity contribution < 1.29 is 4.79 Å². The van der Waals surface area contributed by atoms with Crippen molar-refractivity contribution in [2.24, 2.45) is 0 Å². The van der Waals surface area contributed by atoms with E-state index in [0.717, 1.165) is 11.0 Å². The summed E-state index contributed by atoms with van der Waals surface area (Å²) in [5.74, 6) is -0.0839. The zero-order valence-electron chi connectivity index (χ0n) is 9.19. The normalized spacial score (nSPS) is 19.8. The smallest absolute Gasteiger partial charge is 0.255 e. The molecule has 0 aromatic heterocycles. The fourth-order valence-corrected chi connectivity index (χ4v) is 2.25. The van der Waals surface area contributed by atoms with Gasteiger partial charge in [-0.15, -0.1) is 0 Å². The minimum absolute atomic E-state index is 0.0839. The molecule has 1 heterocycles. The number of hydrogen-bond donors (Lipinski definition) is 1. The Bertz CT molecular complexity index is 469. The molecule has 1 unspecified atom stereocenters. The van der Waals surface area contributed by atoms with Gasteiger partial charge in [0.2, 0.25) is 0 Å². The van der Waals surface area contributed by atoms with Crippen LogP contribution in [0.5, 0.6) is 0 Å². The van der Waals surface area contributed by atoms with Crippen molar-refractivity contribution >= 4 is 21.8 Å². The summed E-state index contributed by atoms with van der Waals surface area (Å²) in [5, 5.41) is 12.1.